The summed E-state index contributed by atoms with van der Waals surface area (Å²) in [6.45, 7) is 3.04. The second-order valence-corrected chi connectivity index (χ2v) is 6.35. The van der Waals surface area contributed by atoms with E-state index < -0.39 is 0 Å². The topological polar surface area (TPSA) is 29.3 Å². The van der Waals surface area contributed by atoms with Crippen molar-refractivity contribution in [1.29, 1.82) is 0 Å². The lowest BCUT2D eigenvalue weighted by Crippen LogP contribution is -2.25. The molecule has 1 aliphatic heterocycles. The summed E-state index contributed by atoms with van der Waals surface area (Å²) in [7, 11) is 0. The Morgan fingerprint density at radius 2 is 2.18 bits per heavy atom. The normalized spacial score (nSPS) is 16.9. The summed E-state index contributed by atoms with van der Waals surface area (Å²) in [4.78, 5) is 2.48. The second kappa shape index (κ2) is 6.66. The van der Waals surface area contributed by atoms with E-state index >= 15 is 0 Å². The molecule has 0 aliphatic carbocycles. The van der Waals surface area contributed by atoms with Crippen LogP contribution in [0, 0.1) is 0 Å². The Hall–Kier alpha value is -0.190. The first kappa shape index (κ1) is 13.2. The number of halogens is 1. The van der Waals surface area contributed by atoms with E-state index in [0.29, 0.717) is 6.54 Å². The molecule has 1 aromatic rings. The van der Waals surface area contributed by atoms with Gasteiger partial charge < -0.3 is 10.6 Å². The minimum absolute atomic E-state index is 0.707. The molecule has 1 aliphatic rings. The quantitative estimate of drug-likeness (QED) is 0.930. The third-order valence-corrected chi connectivity index (χ3v) is 4.82. The molecule has 2 rings (SSSR count). The second-order valence-electron chi connectivity index (χ2n) is 4.27. The molecule has 0 spiro atoms. The van der Waals surface area contributed by atoms with Gasteiger partial charge in [0, 0.05) is 29.0 Å². The molecule has 0 unspecified atom stereocenters. The van der Waals surface area contributed by atoms with Gasteiger partial charge >= 0.3 is 0 Å². The van der Waals surface area contributed by atoms with E-state index in [4.69, 9.17) is 5.73 Å². The number of benzene rings is 1. The number of thioether (sulfide) groups is 1. The van der Waals surface area contributed by atoms with Crippen molar-refractivity contribution in [3.8, 4) is 0 Å². The lowest BCUT2D eigenvalue weighted by molar-refractivity contribution is 0.815. The Balaban J connectivity index is 2.12. The molecule has 0 saturated carbocycles. The van der Waals surface area contributed by atoms with Crippen LogP contribution in [0.4, 0.5) is 5.69 Å². The van der Waals surface area contributed by atoms with E-state index in [0.717, 1.165) is 13.0 Å². The monoisotopic (exact) mass is 314 g/mol. The van der Waals surface area contributed by atoms with Gasteiger partial charge in [0.25, 0.3) is 0 Å². The molecule has 4 heteroatoms. The van der Waals surface area contributed by atoms with E-state index in [2.05, 4.69) is 50.8 Å². The Morgan fingerprint density at radius 1 is 1.29 bits per heavy atom. The Kier molecular flexibility index (Phi) is 5.19. The SMILES string of the molecule is NCCc1ccc(N2CCCSCC2)cc1Br. The highest BCUT2D eigenvalue weighted by atomic mass is 79.9. The van der Waals surface area contributed by atoms with Crippen LogP contribution in [0.1, 0.15) is 12.0 Å². The molecule has 17 heavy (non-hydrogen) atoms. The zero-order valence-corrected chi connectivity index (χ0v) is 12.4. The molecule has 0 amide bonds. The van der Waals surface area contributed by atoms with Crippen molar-refractivity contribution < 1.29 is 0 Å². The number of nitrogens with zero attached hydrogens (tertiary/aromatic N) is 1. The van der Waals surface area contributed by atoms with Crippen LogP contribution in [-0.2, 0) is 6.42 Å². The fourth-order valence-corrected chi connectivity index (χ4v) is 3.55. The summed E-state index contributed by atoms with van der Waals surface area (Å²) in [5.41, 5.74) is 8.24. The molecule has 1 aromatic carbocycles. The van der Waals surface area contributed by atoms with E-state index in [9.17, 15) is 0 Å². The van der Waals surface area contributed by atoms with Gasteiger partial charge in [0.2, 0.25) is 0 Å². The molecular formula is C13H19BrN2S. The van der Waals surface area contributed by atoms with Crippen molar-refractivity contribution >= 4 is 33.4 Å². The predicted octanol–water partition coefficient (Wildman–Crippen LogP) is 2.89. The molecule has 2 N–H and O–H groups in total. The predicted molar refractivity (Wildman–Crippen MR) is 81.1 cm³/mol. The highest BCUT2D eigenvalue weighted by Crippen LogP contribution is 2.26. The van der Waals surface area contributed by atoms with Crippen LogP contribution in [0.3, 0.4) is 0 Å². The molecule has 1 fully saturated rings. The maximum absolute atomic E-state index is 5.60. The van der Waals surface area contributed by atoms with Gasteiger partial charge in [-0.1, -0.05) is 22.0 Å². The maximum Gasteiger partial charge on any atom is 0.0377 e. The van der Waals surface area contributed by atoms with Crippen LogP contribution in [0.25, 0.3) is 0 Å². The van der Waals surface area contributed by atoms with Gasteiger partial charge in [-0.2, -0.15) is 11.8 Å². The van der Waals surface area contributed by atoms with E-state index in [1.54, 1.807) is 0 Å². The summed E-state index contributed by atoms with van der Waals surface area (Å²) >= 11 is 5.71. The van der Waals surface area contributed by atoms with Crippen LogP contribution in [0.5, 0.6) is 0 Å². The van der Waals surface area contributed by atoms with Crippen LogP contribution in [0.15, 0.2) is 22.7 Å². The van der Waals surface area contributed by atoms with E-state index in [-0.39, 0.29) is 0 Å². The number of hydrogen-bond acceptors (Lipinski definition) is 3. The molecule has 0 radical (unpaired) electrons. The summed E-state index contributed by atoms with van der Waals surface area (Å²) in [5.74, 6) is 2.53. The van der Waals surface area contributed by atoms with Crippen molar-refractivity contribution in [3.05, 3.63) is 28.2 Å². The summed E-state index contributed by atoms with van der Waals surface area (Å²) < 4.78 is 1.19. The third kappa shape index (κ3) is 3.63. The lowest BCUT2D eigenvalue weighted by Gasteiger charge is -2.23. The Labute approximate surface area is 116 Å². The molecular weight excluding hydrogens is 296 g/mol. The number of anilines is 1. The lowest BCUT2D eigenvalue weighted by atomic mass is 10.1. The van der Waals surface area contributed by atoms with Crippen LogP contribution in [-0.4, -0.2) is 31.1 Å². The van der Waals surface area contributed by atoms with Gasteiger partial charge in [0.1, 0.15) is 0 Å². The zero-order chi connectivity index (χ0) is 12.1. The van der Waals surface area contributed by atoms with Crippen molar-refractivity contribution in [2.24, 2.45) is 5.73 Å². The van der Waals surface area contributed by atoms with Gasteiger partial charge in [-0.25, -0.2) is 0 Å². The van der Waals surface area contributed by atoms with E-state index in [1.807, 2.05) is 0 Å². The fourth-order valence-electron chi connectivity index (χ4n) is 2.10. The average molecular weight is 315 g/mol. The largest absolute Gasteiger partial charge is 0.371 e. The van der Waals surface area contributed by atoms with Gasteiger partial charge in [-0.3, -0.25) is 0 Å². The molecule has 2 nitrogen and oxygen atoms in total. The third-order valence-electron chi connectivity index (χ3n) is 3.04. The minimum atomic E-state index is 0.707. The highest BCUT2D eigenvalue weighted by Gasteiger charge is 2.11. The first-order chi connectivity index (χ1) is 8.31. The molecule has 0 aromatic heterocycles. The Morgan fingerprint density at radius 3 is 2.94 bits per heavy atom. The maximum atomic E-state index is 5.60. The van der Waals surface area contributed by atoms with Gasteiger partial charge in [-0.05, 0) is 42.8 Å². The van der Waals surface area contributed by atoms with Gasteiger partial charge in [0.15, 0.2) is 0 Å². The number of nitrogens with two attached hydrogens (primary N) is 1. The van der Waals surface area contributed by atoms with Crippen molar-refractivity contribution in [2.75, 3.05) is 36.0 Å². The molecule has 1 heterocycles. The summed E-state index contributed by atoms with van der Waals surface area (Å²) in [6, 6.07) is 6.66. The zero-order valence-electron chi connectivity index (χ0n) is 9.99. The smallest absolute Gasteiger partial charge is 0.0377 e. The first-order valence-electron chi connectivity index (χ1n) is 6.12. The van der Waals surface area contributed by atoms with Crippen LogP contribution in [0.2, 0.25) is 0 Å². The van der Waals surface area contributed by atoms with Gasteiger partial charge in [0.05, 0.1) is 0 Å². The molecule has 0 atom stereocenters. The number of hydrogen-bond donors (Lipinski definition) is 1. The van der Waals surface area contributed by atoms with Crippen LogP contribution >= 0.6 is 27.7 Å². The molecule has 0 bridgehead atoms. The van der Waals surface area contributed by atoms with E-state index in [1.165, 1.54) is 40.2 Å². The summed E-state index contributed by atoms with van der Waals surface area (Å²) in [6.07, 6.45) is 2.23. The van der Waals surface area contributed by atoms with Crippen molar-refractivity contribution in [3.63, 3.8) is 0 Å². The first-order valence-corrected chi connectivity index (χ1v) is 8.07. The average Bonchev–Trinajstić information content (AvgIpc) is 2.60. The number of rotatable bonds is 3. The standard InChI is InChI=1S/C13H19BrN2S/c14-13-10-12(3-2-11(13)4-5-15)16-6-1-8-17-9-7-16/h2-3,10H,1,4-9,15H2. The van der Waals surface area contributed by atoms with Crippen molar-refractivity contribution in [1.82, 2.24) is 0 Å². The Bertz CT molecular complexity index is 362. The van der Waals surface area contributed by atoms with Crippen molar-refractivity contribution in [2.45, 2.75) is 12.8 Å². The molecule has 94 valence electrons. The van der Waals surface area contributed by atoms with Gasteiger partial charge in [-0.15, -0.1) is 0 Å². The summed E-state index contributed by atoms with van der Waals surface area (Å²) in [5, 5.41) is 0. The highest BCUT2D eigenvalue weighted by molar-refractivity contribution is 9.10. The fraction of sp³-hybridized carbons (Fsp3) is 0.538. The molecule has 1 saturated heterocycles. The van der Waals surface area contributed by atoms with Crippen LogP contribution < -0.4 is 10.6 Å². The minimum Gasteiger partial charge on any atom is -0.371 e.